The van der Waals surface area contributed by atoms with Crippen LogP contribution in [0, 0.1) is 20.2 Å². The van der Waals surface area contributed by atoms with Gasteiger partial charge in [0.1, 0.15) is 25.6 Å². The molecule has 5 rings (SSSR count). The fourth-order valence-electron chi connectivity index (χ4n) is 4.42. The van der Waals surface area contributed by atoms with E-state index in [1.807, 2.05) is 0 Å². The van der Waals surface area contributed by atoms with Crippen molar-refractivity contribution in [3.8, 4) is 0 Å². The van der Waals surface area contributed by atoms with Crippen LogP contribution >= 0.6 is 0 Å². The molecule has 0 heterocycles. The molecule has 0 amide bonds. The Labute approximate surface area is 347 Å². The molecule has 0 saturated carbocycles. The number of nitrogens with zero attached hydrogens (tertiary/aromatic N) is 4. The van der Waals surface area contributed by atoms with Crippen LogP contribution < -0.4 is 102 Å². The molecule has 0 atom stereocenters. The Kier molecular flexibility index (Phi) is 14.5. The second-order valence-corrected chi connectivity index (χ2v) is 13.1. The molecule has 0 fully saturated rings. The normalized spacial score (nSPS) is 11.8. The average Bonchev–Trinajstić information content (AvgIpc) is 3.08. The predicted molar refractivity (Wildman–Crippen MR) is 181 cm³/mol. The van der Waals surface area contributed by atoms with E-state index in [2.05, 4.69) is 31.7 Å². The van der Waals surface area contributed by atoms with Gasteiger partial charge in [0.25, 0.3) is 11.4 Å². The van der Waals surface area contributed by atoms with E-state index in [1.54, 1.807) is 0 Å². The van der Waals surface area contributed by atoms with Crippen LogP contribution in [0.1, 0.15) is 0 Å². The van der Waals surface area contributed by atoms with Crippen LogP contribution in [0.2, 0.25) is 0 Å². The fraction of sp³-hybridized carbons (Fsp3) is 0. The van der Waals surface area contributed by atoms with Crippen molar-refractivity contribution in [2.75, 3.05) is 21.5 Å². The van der Waals surface area contributed by atoms with Gasteiger partial charge in [-0.15, -0.1) is 0 Å². The minimum Gasteiger partial charge on any atom is -0.744 e. The van der Waals surface area contributed by atoms with E-state index in [1.165, 1.54) is 54.6 Å². The summed E-state index contributed by atoms with van der Waals surface area (Å²) >= 11 is 0. The first kappa shape index (κ1) is 43.5. The van der Waals surface area contributed by atoms with E-state index in [0.717, 1.165) is 30.3 Å². The average molecular weight is 795 g/mol. The molecule has 0 aromatic heterocycles. The van der Waals surface area contributed by atoms with Crippen LogP contribution in [0.25, 0.3) is 0 Å². The van der Waals surface area contributed by atoms with Crippen LogP contribution in [0.4, 0.5) is 45.5 Å². The van der Waals surface area contributed by atoms with E-state index < -0.39 is 67.5 Å². The second-order valence-electron chi connectivity index (χ2n) is 10.4. The molecule has 5 aromatic carbocycles. The maximum atomic E-state index is 13.0. The third kappa shape index (κ3) is 10.8. The molecular formula is C30H20N8Na2O12S2. The van der Waals surface area contributed by atoms with E-state index in [0.29, 0.717) is 23.5 Å². The summed E-state index contributed by atoms with van der Waals surface area (Å²) in [6.07, 6.45) is 0. The number of hydrogen-bond acceptors (Lipinski definition) is 18. The zero-order chi connectivity index (χ0) is 37.8. The Bertz CT molecular complexity index is 2690. The Morgan fingerprint density at radius 1 is 0.537 bits per heavy atom. The Balaban J connectivity index is 0.00000392. The predicted octanol–water partition coefficient (Wildman–Crippen LogP) is -3.74. The van der Waals surface area contributed by atoms with Crippen molar-refractivity contribution < 1.29 is 94.9 Å². The molecule has 0 spiro atoms. The number of non-ortho nitro benzene ring substituents is 2. The summed E-state index contributed by atoms with van der Waals surface area (Å²) in [5, 5.41) is 34.6. The van der Waals surface area contributed by atoms with Crippen molar-refractivity contribution in [2.24, 2.45) is 10.2 Å². The molecule has 5 aromatic rings. The zero-order valence-corrected chi connectivity index (χ0v) is 33.4. The standard InChI is InChI=1S/C30H22N8O12S2.2Na/c39-26-14-13-25(35-33-19-5-1-17(2-6-19)31-23-11-9-21(37(41)42)15-27(23)51(45,46)47)30(40)29(26)36-34-20-7-3-18(4-8-20)32-24-12-10-22(38(43)44)16-28(24)52(48,49)50;;/h1-16,31-34H,(H,45,46,47)(H,48,49,50);;/q;2*+1/p-2/b35-25+,36-29+;;. The minimum atomic E-state index is -5.07. The molecule has 0 radical (unpaired) electrons. The van der Waals surface area contributed by atoms with Gasteiger partial charge in [-0.3, -0.25) is 40.7 Å². The van der Waals surface area contributed by atoms with Crippen molar-refractivity contribution in [1.82, 2.24) is 0 Å². The largest absolute Gasteiger partial charge is 1.00 e. The molecule has 24 heteroatoms. The van der Waals surface area contributed by atoms with E-state index >= 15 is 0 Å². The van der Waals surface area contributed by atoms with Crippen molar-refractivity contribution in [1.29, 1.82) is 0 Å². The monoisotopic (exact) mass is 794 g/mol. The molecule has 0 saturated heterocycles. The van der Waals surface area contributed by atoms with Crippen LogP contribution in [-0.4, -0.2) is 35.8 Å². The number of nitrogens with one attached hydrogen (secondary N) is 4. The Morgan fingerprint density at radius 3 is 1.31 bits per heavy atom. The second kappa shape index (κ2) is 18.0. The molecule has 0 aliphatic carbocycles. The summed E-state index contributed by atoms with van der Waals surface area (Å²) in [4.78, 5) is 44.1. The summed E-state index contributed by atoms with van der Waals surface area (Å²) in [5.41, 5.74) is 3.27. The quantitative estimate of drug-likeness (QED) is 0.0408. The van der Waals surface area contributed by atoms with E-state index in [4.69, 9.17) is 0 Å². The van der Waals surface area contributed by atoms with Crippen molar-refractivity contribution in [3.05, 3.63) is 148 Å². The van der Waals surface area contributed by atoms with Gasteiger partial charge in [0.15, 0.2) is 5.36 Å². The van der Waals surface area contributed by atoms with Gasteiger partial charge in [0, 0.05) is 35.6 Å². The first-order valence-electron chi connectivity index (χ1n) is 14.2. The summed E-state index contributed by atoms with van der Waals surface area (Å²) in [5.74, 6) is 0. The molecule has 0 aliphatic heterocycles. The van der Waals surface area contributed by atoms with Gasteiger partial charge < -0.3 is 19.7 Å². The van der Waals surface area contributed by atoms with Crippen LogP contribution in [-0.2, 0) is 20.2 Å². The van der Waals surface area contributed by atoms with Crippen molar-refractivity contribution >= 4 is 65.7 Å². The topological polar surface area (TPSA) is 308 Å². The van der Waals surface area contributed by atoms with Crippen molar-refractivity contribution in [2.45, 2.75) is 9.79 Å². The van der Waals surface area contributed by atoms with E-state index in [-0.39, 0.29) is 87.2 Å². The van der Waals surface area contributed by atoms with Gasteiger partial charge in [-0.1, -0.05) is 0 Å². The molecular weight excluding hydrogens is 774 g/mol. The maximum absolute atomic E-state index is 13.0. The Hall–Kier alpha value is -4.88. The minimum absolute atomic E-state index is 0. The third-order valence-electron chi connectivity index (χ3n) is 6.89. The number of nitro benzene ring substituents is 2. The SMILES string of the molecule is O=c1cc/c(=N\Nc2ccc(Nc3ccc([N+](=O)[O-])cc3S(=O)(=O)[O-])cc2)c(=O)/c1=N/Nc1ccc(Nc2ccc([N+](=O)[O-])cc2S(=O)(=O)[O-])cc1.[Na+].[Na+]. The molecule has 54 heavy (non-hydrogen) atoms. The van der Waals surface area contributed by atoms with Gasteiger partial charge in [-0.25, -0.2) is 16.8 Å². The third-order valence-corrected chi connectivity index (χ3v) is 8.65. The van der Waals surface area contributed by atoms with Gasteiger partial charge in [-0.05, 0) is 72.8 Å². The fourth-order valence-corrected chi connectivity index (χ4v) is 5.73. The number of hydrogen-bond donors (Lipinski definition) is 4. The number of anilines is 6. The molecule has 266 valence electrons. The zero-order valence-electron chi connectivity index (χ0n) is 27.7. The first-order valence-corrected chi connectivity index (χ1v) is 17.0. The first-order chi connectivity index (χ1) is 24.5. The number of rotatable bonds is 12. The maximum Gasteiger partial charge on any atom is 1.00 e. The number of benzene rings is 5. The summed E-state index contributed by atoms with van der Waals surface area (Å²) in [7, 11) is -10.1. The summed E-state index contributed by atoms with van der Waals surface area (Å²) in [6.45, 7) is 0. The summed E-state index contributed by atoms with van der Waals surface area (Å²) < 4.78 is 70.0. The van der Waals surface area contributed by atoms with Crippen molar-refractivity contribution in [3.63, 3.8) is 0 Å². The smallest absolute Gasteiger partial charge is 0.744 e. The van der Waals surface area contributed by atoms with Gasteiger partial charge in [0.2, 0.25) is 10.9 Å². The van der Waals surface area contributed by atoms with Crippen LogP contribution in [0.3, 0.4) is 0 Å². The van der Waals surface area contributed by atoms with Crippen LogP contribution in [0.15, 0.2) is 127 Å². The summed E-state index contributed by atoms with van der Waals surface area (Å²) in [6, 6.07) is 19.3. The van der Waals surface area contributed by atoms with Crippen LogP contribution in [0.5, 0.6) is 0 Å². The Morgan fingerprint density at radius 2 is 0.926 bits per heavy atom. The molecule has 0 aliphatic rings. The molecule has 20 nitrogen and oxygen atoms in total. The van der Waals surface area contributed by atoms with Gasteiger partial charge >= 0.3 is 59.1 Å². The number of nitro groups is 2. The van der Waals surface area contributed by atoms with E-state index in [9.17, 15) is 55.8 Å². The molecule has 4 N–H and O–H groups in total. The van der Waals surface area contributed by atoms with Gasteiger partial charge in [-0.2, -0.15) is 10.2 Å². The molecule has 0 bridgehead atoms. The van der Waals surface area contributed by atoms with Gasteiger partial charge in [0.05, 0.1) is 42.4 Å². The molecule has 0 unspecified atom stereocenters.